The fourth-order valence-electron chi connectivity index (χ4n) is 3.73. The van der Waals surface area contributed by atoms with Crippen molar-refractivity contribution in [2.75, 3.05) is 13.2 Å². The smallest absolute Gasteiger partial charge is 0.163 e. The average Bonchev–Trinajstić information content (AvgIpc) is 2.86. The van der Waals surface area contributed by atoms with Gasteiger partial charge in [-0.2, -0.15) is 0 Å². The molecule has 4 heteroatoms. The van der Waals surface area contributed by atoms with E-state index in [2.05, 4.69) is 18.8 Å². The highest BCUT2D eigenvalue weighted by Gasteiger charge is 2.35. The number of nitrogens with one attached hydrogen (secondary N) is 1. The summed E-state index contributed by atoms with van der Waals surface area (Å²) in [7, 11) is 0. The Morgan fingerprint density at radius 2 is 1.90 bits per heavy atom. The molecule has 0 radical (unpaired) electrons. The van der Waals surface area contributed by atoms with Crippen molar-refractivity contribution in [1.82, 2.24) is 9.97 Å². The van der Waals surface area contributed by atoms with Crippen LogP contribution in [0.1, 0.15) is 51.3 Å². The highest BCUT2D eigenvalue weighted by molar-refractivity contribution is 5.80. The molecule has 2 heterocycles. The van der Waals surface area contributed by atoms with Crippen molar-refractivity contribution < 1.29 is 9.47 Å². The van der Waals surface area contributed by atoms with E-state index in [1.807, 2.05) is 12.1 Å². The van der Waals surface area contributed by atoms with Gasteiger partial charge in [-0.05, 0) is 18.3 Å². The molecule has 1 aromatic heterocycles. The lowest BCUT2D eigenvalue weighted by Gasteiger charge is -2.37. The first-order chi connectivity index (χ1) is 10.1. The fourth-order valence-corrected chi connectivity index (χ4v) is 3.73. The topological polar surface area (TPSA) is 47.1 Å². The van der Waals surface area contributed by atoms with Gasteiger partial charge in [0.05, 0.1) is 11.0 Å². The van der Waals surface area contributed by atoms with Gasteiger partial charge < -0.3 is 14.5 Å². The van der Waals surface area contributed by atoms with E-state index < -0.39 is 0 Å². The van der Waals surface area contributed by atoms with E-state index in [1.165, 1.54) is 25.7 Å². The molecule has 1 fully saturated rings. The zero-order valence-electron chi connectivity index (χ0n) is 12.7. The molecule has 1 aromatic carbocycles. The molecular weight excluding hydrogens is 264 g/mol. The first-order valence-electron chi connectivity index (χ1n) is 7.93. The highest BCUT2D eigenvalue weighted by Crippen LogP contribution is 2.46. The molecule has 112 valence electrons. The molecule has 1 atom stereocenters. The van der Waals surface area contributed by atoms with Crippen LogP contribution in [0.25, 0.3) is 11.0 Å². The molecule has 2 aromatic rings. The molecule has 0 amide bonds. The van der Waals surface area contributed by atoms with Crippen molar-refractivity contribution in [3.63, 3.8) is 0 Å². The molecular formula is C17H22N2O2. The van der Waals surface area contributed by atoms with E-state index >= 15 is 0 Å². The second kappa shape index (κ2) is 4.65. The predicted octanol–water partition coefficient (Wildman–Crippen LogP) is 4.02. The van der Waals surface area contributed by atoms with Crippen molar-refractivity contribution in [3.8, 4) is 11.5 Å². The standard InChI is InChI=1S/C17H22N2O2/c1-17(2)6-4-3-5-11(17)16-18-12-9-14-15(10-13(12)19-16)21-8-7-20-14/h9-11H,3-8H2,1-2H3,(H,18,19). The lowest BCUT2D eigenvalue weighted by atomic mass is 9.68. The van der Waals surface area contributed by atoms with Gasteiger partial charge in [-0.1, -0.05) is 26.7 Å². The summed E-state index contributed by atoms with van der Waals surface area (Å²) >= 11 is 0. The number of H-pyrrole nitrogens is 1. The number of imidazole rings is 1. The van der Waals surface area contributed by atoms with E-state index in [-0.39, 0.29) is 0 Å². The van der Waals surface area contributed by atoms with Crippen LogP contribution < -0.4 is 9.47 Å². The Morgan fingerprint density at radius 1 is 1.14 bits per heavy atom. The van der Waals surface area contributed by atoms with Crippen LogP contribution >= 0.6 is 0 Å². The van der Waals surface area contributed by atoms with Crippen molar-refractivity contribution in [2.24, 2.45) is 5.41 Å². The molecule has 4 nitrogen and oxygen atoms in total. The molecule has 0 bridgehead atoms. The maximum absolute atomic E-state index is 5.65. The van der Waals surface area contributed by atoms with E-state index in [1.54, 1.807) is 0 Å². The maximum Gasteiger partial charge on any atom is 0.163 e. The number of ether oxygens (including phenoxy) is 2. The summed E-state index contributed by atoms with van der Waals surface area (Å²) in [4.78, 5) is 8.37. The number of fused-ring (bicyclic) bond motifs is 2. The van der Waals surface area contributed by atoms with Crippen molar-refractivity contribution in [1.29, 1.82) is 0 Å². The Bertz CT molecular complexity index is 632. The molecule has 2 aliphatic rings. The van der Waals surface area contributed by atoms with Gasteiger partial charge in [-0.25, -0.2) is 4.98 Å². The van der Waals surface area contributed by atoms with Gasteiger partial charge in [0, 0.05) is 18.1 Å². The number of nitrogens with zero attached hydrogens (tertiary/aromatic N) is 1. The van der Waals surface area contributed by atoms with Crippen LogP contribution in [0.4, 0.5) is 0 Å². The van der Waals surface area contributed by atoms with Gasteiger partial charge in [-0.15, -0.1) is 0 Å². The molecule has 1 saturated carbocycles. The molecule has 0 saturated heterocycles. The zero-order valence-corrected chi connectivity index (χ0v) is 12.7. The lowest BCUT2D eigenvalue weighted by molar-refractivity contribution is 0.172. The Hall–Kier alpha value is -1.71. The summed E-state index contributed by atoms with van der Waals surface area (Å²) < 4.78 is 11.3. The molecule has 1 aliphatic heterocycles. The number of benzene rings is 1. The Balaban J connectivity index is 1.76. The maximum atomic E-state index is 5.65. The van der Waals surface area contributed by atoms with Crippen LogP contribution in [0.3, 0.4) is 0 Å². The van der Waals surface area contributed by atoms with E-state index in [0.717, 1.165) is 28.4 Å². The van der Waals surface area contributed by atoms with Crippen LogP contribution in [0, 0.1) is 5.41 Å². The average molecular weight is 286 g/mol. The number of rotatable bonds is 1. The van der Waals surface area contributed by atoms with E-state index in [0.29, 0.717) is 24.5 Å². The number of aromatic nitrogens is 2. The minimum atomic E-state index is 0.318. The van der Waals surface area contributed by atoms with Crippen LogP contribution in [-0.2, 0) is 0 Å². The fraction of sp³-hybridized carbons (Fsp3) is 0.588. The lowest BCUT2D eigenvalue weighted by Crippen LogP contribution is -2.26. The van der Waals surface area contributed by atoms with Crippen LogP contribution in [0.15, 0.2) is 12.1 Å². The summed E-state index contributed by atoms with van der Waals surface area (Å²) in [5, 5.41) is 0. The Labute approximate surface area is 124 Å². The largest absolute Gasteiger partial charge is 0.486 e. The van der Waals surface area contributed by atoms with Crippen molar-refractivity contribution >= 4 is 11.0 Å². The minimum absolute atomic E-state index is 0.318. The summed E-state index contributed by atoms with van der Waals surface area (Å²) in [6.45, 7) is 5.96. The molecule has 21 heavy (non-hydrogen) atoms. The highest BCUT2D eigenvalue weighted by atomic mass is 16.6. The Morgan fingerprint density at radius 3 is 2.67 bits per heavy atom. The third-order valence-corrected chi connectivity index (χ3v) is 5.00. The van der Waals surface area contributed by atoms with Crippen LogP contribution in [0.5, 0.6) is 11.5 Å². The van der Waals surface area contributed by atoms with E-state index in [9.17, 15) is 0 Å². The third-order valence-electron chi connectivity index (χ3n) is 5.00. The minimum Gasteiger partial charge on any atom is -0.486 e. The summed E-state index contributed by atoms with van der Waals surface area (Å²) in [6.07, 6.45) is 5.13. The SMILES string of the molecule is CC1(C)CCCCC1c1nc2cc3c(cc2[nH]1)OCCO3. The van der Waals surface area contributed by atoms with Crippen molar-refractivity contribution in [2.45, 2.75) is 45.4 Å². The first kappa shape index (κ1) is 13.0. The predicted molar refractivity (Wildman–Crippen MR) is 82.1 cm³/mol. The van der Waals surface area contributed by atoms with E-state index in [4.69, 9.17) is 14.5 Å². The second-order valence-electron chi connectivity index (χ2n) is 6.92. The molecule has 1 aliphatic carbocycles. The normalized spacial score (nSPS) is 24.2. The van der Waals surface area contributed by atoms with Crippen molar-refractivity contribution in [3.05, 3.63) is 18.0 Å². The Kier molecular flexibility index (Phi) is 2.88. The van der Waals surface area contributed by atoms with Gasteiger partial charge in [-0.3, -0.25) is 0 Å². The quantitative estimate of drug-likeness (QED) is 0.861. The first-order valence-corrected chi connectivity index (χ1v) is 7.93. The number of hydrogen-bond acceptors (Lipinski definition) is 3. The van der Waals surface area contributed by atoms with Gasteiger partial charge >= 0.3 is 0 Å². The molecule has 0 spiro atoms. The summed E-state index contributed by atoms with van der Waals surface area (Å²) in [6, 6.07) is 4.02. The second-order valence-corrected chi connectivity index (χ2v) is 6.92. The summed E-state index contributed by atoms with van der Waals surface area (Å²) in [5.74, 6) is 3.27. The molecule has 4 rings (SSSR count). The van der Waals surface area contributed by atoms with Gasteiger partial charge in [0.2, 0.25) is 0 Å². The van der Waals surface area contributed by atoms with Gasteiger partial charge in [0.25, 0.3) is 0 Å². The number of hydrogen-bond donors (Lipinski definition) is 1. The molecule has 1 unspecified atom stereocenters. The van der Waals surface area contributed by atoms with Gasteiger partial charge in [0.15, 0.2) is 11.5 Å². The molecule has 1 N–H and O–H groups in total. The van der Waals surface area contributed by atoms with Crippen LogP contribution in [-0.4, -0.2) is 23.2 Å². The zero-order chi connectivity index (χ0) is 14.4. The monoisotopic (exact) mass is 286 g/mol. The summed E-state index contributed by atoms with van der Waals surface area (Å²) in [5.41, 5.74) is 2.35. The number of aromatic amines is 1. The third kappa shape index (κ3) is 2.17. The van der Waals surface area contributed by atoms with Gasteiger partial charge in [0.1, 0.15) is 19.0 Å². The van der Waals surface area contributed by atoms with Crippen LogP contribution in [0.2, 0.25) is 0 Å².